The molecule has 0 aliphatic heterocycles. The van der Waals surface area contributed by atoms with Crippen LogP contribution in [0.2, 0.25) is 0 Å². The summed E-state index contributed by atoms with van der Waals surface area (Å²) in [7, 11) is 0. The average molecular weight is 240 g/mol. The van der Waals surface area contributed by atoms with E-state index in [1.54, 1.807) is 3.97 Å². The van der Waals surface area contributed by atoms with Crippen molar-refractivity contribution in [1.29, 1.82) is 0 Å². The van der Waals surface area contributed by atoms with Gasteiger partial charge in [-0.2, -0.15) is 0 Å². The molecule has 1 aromatic carbocycles. The highest BCUT2D eigenvalue weighted by molar-refractivity contribution is 7.78. The van der Waals surface area contributed by atoms with Crippen LogP contribution in [0.4, 0.5) is 0 Å². The van der Waals surface area contributed by atoms with E-state index in [0.717, 1.165) is 42.9 Å². The lowest BCUT2D eigenvalue weighted by molar-refractivity contribution is 1.20. The molecule has 0 fully saturated rings. The number of fused-ring (bicyclic) bond motifs is 2. The van der Waals surface area contributed by atoms with Gasteiger partial charge in [0.25, 0.3) is 0 Å². The number of nitrogens with zero attached hydrogens (tertiary/aromatic N) is 1. The molecule has 0 unspecified atom stereocenters. The topological polar surface area (TPSA) is 20.7 Å². The summed E-state index contributed by atoms with van der Waals surface area (Å²) < 4.78 is 1.71. The summed E-state index contributed by atoms with van der Waals surface area (Å²) in [5.41, 5.74) is 0. The Bertz CT molecular complexity index is 884. The maximum atomic E-state index is 4.36. The number of rotatable bonds is 0. The summed E-state index contributed by atoms with van der Waals surface area (Å²) in [6, 6.07) is 4.14. The normalized spacial score (nSPS) is 11.6. The van der Waals surface area contributed by atoms with Gasteiger partial charge >= 0.3 is 0 Å². The molecule has 0 aliphatic rings. The molecule has 2 nitrogen and oxygen atoms in total. The Kier molecular flexibility index (Phi) is 1.86. The Morgan fingerprint density at radius 3 is 1.65 bits per heavy atom. The molecule has 0 saturated carbocycles. The highest BCUT2D eigenvalue weighted by Crippen LogP contribution is 2.13. The van der Waals surface area contributed by atoms with Crippen LogP contribution in [0.15, 0.2) is 12.1 Å². The number of aromatic amines is 1. The SMILES string of the molecule is C=c1[nH]c(=C)c2cc3c(=C)n(S)c(=C)c3cc12. The Labute approximate surface area is 103 Å². The van der Waals surface area contributed by atoms with Gasteiger partial charge in [-0.25, -0.2) is 0 Å². The van der Waals surface area contributed by atoms with Crippen molar-refractivity contribution in [3.05, 3.63) is 33.5 Å². The van der Waals surface area contributed by atoms with Crippen molar-refractivity contribution in [2.45, 2.75) is 0 Å². The van der Waals surface area contributed by atoms with Gasteiger partial charge in [0.15, 0.2) is 0 Å². The molecule has 84 valence electrons. The van der Waals surface area contributed by atoms with Crippen molar-refractivity contribution < 1.29 is 0 Å². The molecule has 0 bridgehead atoms. The fourth-order valence-electron chi connectivity index (χ4n) is 2.28. The molecule has 0 radical (unpaired) electrons. The molecule has 0 atom stereocenters. The predicted molar refractivity (Wildman–Crippen MR) is 78.8 cm³/mol. The van der Waals surface area contributed by atoms with E-state index in [9.17, 15) is 0 Å². The standard InChI is InChI=1S/C14H12N2S/c1-7-11-5-13-9(3)16(17)10(4)14(13)6-12(11)8(2)15-7/h5-6,15,17H,1-4H2. The molecule has 0 amide bonds. The molecule has 1 N–H and O–H groups in total. The van der Waals surface area contributed by atoms with Gasteiger partial charge in [-0.3, -0.25) is 3.97 Å². The van der Waals surface area contributed by atoms with Crippen LogP contribution in [0, 0.1) is 0 Å². The number of H-pyrrole nitrogens is 1. The van der Waals surface area contributed by atoms with Crippen molar-refractivity contribution in [3.63, 3.8) is 0 Å². The molecule has 2 aromatic heterocycles. The third kappa shape index (κ3) is 1.17. The number of benzene rings is 1. The first-order chi connectivity index (χ1) is 8.00. The Balaban J connectivity index is 2.79. The zero-order valence-corrected chi connectivity index (χ0v) is 10.3. The molecule has 2 heterocycles. The lowest BCUT2D eigenvalue weighted by Crippen LogP contribution is -2.16. The second kappa shape index (κ2) is 3.08. The number of nitrogens with one attached hydrogen (secondary N) is 1. The number of hydrogen-bond donors (Lipinski definition) is 2. The first-order valence-electron chi connectivity index (χ1n) is 5.22. The number of aromatic nitrogens is 2. The fraction of sp³-hybridized carbons (Fsp3) is 0. The zero-order chi connectivity index (χ0) is 12.3. The summed E-state index contributed by atoms with van der Waals surface area (Å²) in [5, 5.41) is 7.72. The summed E-state index contributed by atoms with van der Waals surface area (Å²) in [6.07, 6.45) is 0. The van der Waals surface area contributed by atoms with Gasteiger partial charge in [0.1, 0.15) is 0 Å². The van der Waals surface area contributed by atoms with Gasteiger partial charge in [-0.15, -0.1) is 0 Å². The molecular formula is C14H12N2S. The largest absolute Gasteiger partial charge is 0.355 e. The maximum absolute atomic E-state index is 4.36. The van der Waals surface area contributed by atoms with E-state index in [0.29, 0.717) is 0 Å². The Morgan fingerprint density at radius 2 is 1.24 bits per heavy atom. The monoisotopic (exact) mass is 240 g/mol. The van der Waals surface area contributed by atoms with Crippen molar-refractivity contribution in [1.82, 2.24) is 8.96 Å². The quantitative estimate of drug-likeness (QED) is 0.533. The third-order valence-electron chi connectivity index (χ3n) is 3.24. The van der Waals surface area contributed by atoms with Crippen molar-refractivity contribution in [2.24, 2.45) is 0 Å². The van der Waals surface area contributed by atoms with Gasteiger partial charge in [-0.05, 0) is 12.1 Å². The van der Waals surface area contributed by atoms with E-state index >= 15 is 0 Å². The molecule has 0 aliphatic carbocycles. The smallest absolute Gasteiger partial charge is 0.0530 e. The highest BCUT2D eigenvalue weighted by Gasteiger charge is 2.06. The van der Waals surface area contributed by atoms with Crippen LogP contribution < -0.4 is 21.4 Å². The van der Waals surface area contributed by atoms with Crippen molar-refractivity contribution in [3.8, 4) is 0 Å². The molecule has 3 rings (SSSR count). The molecule has 3 heteroatoms. The minimum absolute atomic E-state index is 0.849. The van der Waals surface area contributed by atoms with Gasteiger partial charge in [0.05, 0.1) is 10.7 Å². The van der Waals surface area contributed by atoms with Gasteiger partial charge in [0, 0.05) is 32.2 Å². The van der Waals surface area contributed by atoms with Gasteiger partial charge < -0.3 is 4.98 Å². The average Bonchev–Trinajstić information content (AvgIpc) is 2.70. The van der Waals surface area contributed by atoms with Crippen LogP contribution in [0.5, 0.6) is 0 Å². The summed E-state index contributed by atoms with van der Waals surface area (Å²) in [4.78, 5) is 3.14. The van der Waals surface area contributed by atoms with E-state index in [4.69, 9.17) is 0 Å². The van der Waals surface area contributed by atoms with E-state index in [-0.39, 0.29) is 0 Å². The van der Waals surface area contributed by atoms with Crippen LogP contribution in [0.1, 0.15) is 0 Å². The second-order valence-corrected chi connectivity index (χ2v) is 4.63. The van der Waals surface area contributed by atoms with Crippen LogP contribution in [-0.2, 0) is 0 Å². The van der Waals surface area contributed by atoms with Crippen LogP contribution in [0.25, 0.3) is 47.9 Å². The minimum Gasteiger partial charge on any atom is -0.355 e. The zero-order valence-electron chi connectivity index (χ0n) is 9.38. The Morgan fingerprint density at radius 1 is 0.824 bits per heavy atom. The van der Waals surface area contributed by atoms with E-state index in [1.807, 2.05) is 0 Å². The van der Waals surface area contributed by atoms with Crippen LogP contribution in [-0.4, -0.2) is 8.96 Å². The first-order valence-corrected chi connectivity index (χ1v) is 5.62. The van der Waals surface area contributed by atoms with Crippen LogP contribution >= 0.6 is 12.8 Å². The number of hydrogen-bond acceptors (Lipinski definition) is 1. The van der Waals surface area contributed by atoms with E-state index < -0.39 is 0 Å². The van der Waals surface area contributed by atoms with E-state index in [1.165, 1.54) is 0 Å². The predicted octanol–water partition coefficient (Wildman–Crippen LogP) is 0.457. The van der Waals surface area contributed by atoms with Gasteiger partial charge in [-0.1, -0.05) is 39.1 Å². The Hall–Kier alpha value is -1.87. The van der Waals surface area contributed by atoms with E-state index in [2.05, 4.69) is 56.2 Å². The lowest BCUT2D eigenvalue weighted by atomic mass is 10.1. The molecule has 3 aromatic rings. The highest BCUT2D eigenvalue weighted by atomic mass is 32.1. The van der Waals surface area contributed by atoms with Crippen molar-refractivity contribution >= 4 is 60.7 Å². The first kappa shape index (κ1) is 10.3. The second-order valence-electron chi connectivity index (χ2n) is 4.23. The summed E-state index contributed by atoms with van der Waals surface area (Å²) in [6.45, 7) is 16.0. The van der Waals surface area contributed by atoms with Gasteiger partial charge in [0.2, 0.25) is 0 Å². The molecule has 0 saturated heterocycles. The maximum Gasteiger partial charge on any atom is 0.0530 e. The number of thiol groups is 1. The third-order valence-corrected chi connectivity index (χ3v) is 3.73. The minimum atomic E-state index is 0.849. The molecule has 0 spiro atoms. The lowest BCUT2D eigenvalue weighted by Gasteiger charge is -1.91. The molecule has 17 heavy (non-hydrogen) atoms. The molecular weight excluding hydrogens is 228 g/mol. The fourth-order valence-corrected chi connectivity index (χ4v) is 2.50. The van der Waals surface area contributed by atoms with Crippen LogP contribution in [0.3, 0.4) is 0 Å². The summed E-state index contributed by atoms with van der Waals surface area (Å²) in [5.74, 6) is 0. The van der Waals surface area contributed by atoms with Crippen molar-refractivity contribution in [2.75, 3.05) is 0 Å². The summed E-state index contributed by atoms with van der Waals surface area (Å²) >= 11 is 4.36.